The number of thioether (sulfide) groups is 1. The lowest BCUT2D eigenvalue weighted by atomic mass is 10.1. The van der Waals surface area contributed by atoms with Gasteiger partial charge in [-0.15, -0.1) is 10.2 Å². The molecule has 0 aliphatic rings. The lowest BCUT2D eigenvalue weighted by Gasteiger charge is -2.03. The predicted molar refractivity (Wildman–Crippen MR) is 121 cm³/mol. The highest BCUT2D eigenvalue weighted by atomic mass is 35.5. The SMILES string of the molecule is O=C(Cn1c(=O)sc2ccccc21)Nc1nnc(SCC(=O)c2ccc(Cl)cc2)s1. The number of ketones is 1. The van der Waals surface area contributed by atoms with Crippen molar-refractivity contribution in [3.63, 3.8) is 0 Å². The summed E-state index contributed by atoms with van der Waals surface area (Å²) in [5.74, 6) is -0.229. The summed E-state index contributed by atoms with van der Waals surface area (Å²) in [5.41, 5.74) is 1.29. The number of carbonyl (C=O) groups excluding carboxylic acids is 2. The van der Waals surface area contributed by atoms with E-state index in [2.05, 4.69) is 15.5 Å². The van der Waals surface area contributed by atoms with Crippen molar-refractivity contribution in [1.29, 1.82) is 0 Å². The second-order valence-electron chi connectivity index (χ2n) is 6.06. The highest BCUT2D eigenvalue weighted by Gasteiger charge is 2.14. The average Bonchev–Trinajstić information content (AvgIpc) is 3.31. The van der Waals surface area contributed by atoms with Crippen LogP contribution in [-0.2, 0) is 11.3 Å². The first-order valence-electron chi connectivity index (χ1n) is 8.63. The number of benzene rings is 2. The van der Waals surface area contributed by atoms with Crippen molar-refractivity contribution in [1.82, 2.24) is 14.8 Å². The number of nitrogens with one attached hydrogen (secondary N) is 1. The van der Waals surface area contributed by atoms with Gasteiger partial charge in [0.1, 0.15) is 6.54 Å². The topological polar surface area (TPSA) is 93.9 Å². The van der Waals surface area contributed by atoms with Gasteiger partial charge in [-0.05, 0) is 36.4 Å². The van der Waals surface area contributed by atoms with Crippen LogP contribution in [0, 0.1) is 0 Å². The number of Topliss-reactive ketones (excluding diaryl/α,β-unsaturated/α-hetero) is 1. The Kier molecular flexibility index (Phi) is 6.28. The first kappa shape index (κ1) is 20.7. The third-order valence-electron chi connectivity index (χ3n) is 4.02. The van der Waals surface area contributed by atoms with Gasteiger partial charge in [0.15, 0.2) is 10.1 Å². The Hall–Kier alpha value is -2.53. The van der Waals surface area contributed by atoms with Crippen molar-refractivity contribution in [2.24, 2.45) is 0 Å². The van der Waals surface area contributed by atoms with E-state index in [1.54, 1.807) is 30.3 Å². The molecule has 0 saturated heterocycles. The number of fused-ring (bicyclic) bond motifs is 1. The first-order chi connectivity index (χ1) is 14.5. The minimum atomic E-state index is -0.370. The summed E-state index contributed by atoms with van der Waals surface area (Å²) in [6.07, 6.45) is 0. The molecule has 1 amide bonds. The van der Waals surface area contributed by atoms with Crippen LogP contribution in [0.5, 0.6) is 0 Å². The summed E-state index contributed by atoms with van der Waals surface area (Å²) in [6, 6.07) is 14.0. The van der Waals surface area contributed by atoms with E-state index in [-0.39, 0.29) is 28.9 Å². The van der Waals surface area contributed by atoms with Crippen molar-refractivity contribution in [2.75, 3.05) is 11.1 Å². The lowest BCUT2D eigenvalue weighted by Crippen LogP contribution is -2.24. The van der Waals surface area contributed by atoms with Gasteiger partial charge in [0, 0.05) is 10.6 Å². The van der Waals surface area contributed by atoms with Crippen LogP contribution in [0.1, 0.15) is 10.4 Å². The molecule has 2 heterocycles. The Bertz CT molecular complexity index is 1280. The van der Waals surface area contributed by atoms with Gasteiger partial charge in [0.05, 0.1) is 16.0 Å². The van der Waals surface area contributed by atoms with E-state index in [9.17, 15) is 14.4 Å². The van der Waals surface area contributed by atoms with Crippen LogP contribution >= 0.6 is 46.0 Å². The molecule has 7 nitrogen and oxygen atoms in total. The molecule has 1 N–H and O–H groups in total. The largest absolute Gasteiger partial charge is 0.308 e. The summed E-state index contributed by atoms with van der Waals surface area (Å²) in [4.78, 5) is 36.5. The lowest BCUT2D eigenvalue weighted by molar-refractivity contribution is -0.116. The Morgan fingerprint density at radius 1 is 1.07 bits per heavy atom. The van der Waals surface area contributed by atoms with E-state index in [1.807, 2.05) is 18.2 Å². The molecule has 2 aromatic carbocycles. The molecule has 0 spiro atoms. The Labute approximate surface area is 187 Å². The molecule has 11 heteroatoms. The molecule has 0 bridgehead atoms. The number of thiazole rings is 1. The quantitative estimate of drug-likeness (QED) is 0.244. The van der Waals surface area contributed by atoms with Gasteiger partial charge in [0.2, 0.25) is 11.0 Å². The zero-order valence-corrected chi connectivity index (χ0v) is 18.4. The number of para-hydroxylation sites is 1. The number of nitrogens with zero attached hydrogens (tertiary/aromatic N) is 3. The van der Waals surface area contributed by atoms with Crippen LogP contribution in [0.15, 0.2) is 57.7 Å². The van der Waals surface area contributed by atoms with Crippen molar-refractivity contribution >= 4 is 73.1 Å². The minimum absolute atomic E-state index is 0.0545. The zero-order chi connectivity index (χ0) is 21.1. The van der Waals surface area contributed by atoms with Gasteiger partial charge >= 0.3 is 4.87 Å². The molecule has 2 aromatic heterocycles. The second-order valence-corrected chi connectivity index (χ2v) is 9.69. The second kappa shape index (κ2) is 9.09. The third kappa shape index (κ3) is 4.78. The fourth-order valence-electron chi connectivity index (χ4n) is 2.63. The molecule has 4 aromatic rings. The normalized spacial score (nSPS) is 11.0. The number of anilines is 1. The number of amides is 1. The van der Waals surface area contributed by atoms with Gasteiger partial charge in [-0.3, -0.25) is 24.3 Å². The maximum Gasteiger partial charge on any atom is 0.308 e. The molecular weight excluding hydrogens is 464 g/mol. The zero-order valence-electron chi connectivity index (χ0n) is 15.2. The summed E-state index contributed by atoms with van der Waals surface area (Å²) >= 11 is 9.34. The van der Waals surface area contributed by atoms with Crippen molar-refractivity contribution in [3.05, 3.63) is 68.8 Å². The van der Waals surface area contributed by atoms with Crippen molar-refractivity contribution in [2.45, 2.75) is 10.9 Å². The summed E-state index contributed by atoms with van der Waals surface area (Å²) in [7, 11) is 0. The molecule has 0 unspecified atom stereocenters. The summed E-state index contributed by atoms with van der Waals surface area (Å²) in [6.45, 7) is -0.111. The van der Waals surface area contributed by atoms with E-state index >= 15 is 0 Å². The van der Waals surface area contributed by atoms with Crippen LogP contribution < -0.4 is 10.2 Å². The molecule has 0 aliphatic carbocycles. The fraction of sp³-hybridized carbons (Fsp3) is 0.105. The van der Waals surface area contributed by atoms with Crippen LogP contribution in [0.4, 0.5) is 5.13 Å². The Balaban J connectivity index is 1.35. The Morgan fingerprint density at radius 2 is 1.83 bits per heavy atom. The molecule has 0 atom stereocenters. The van der Waals surface area contributed by atoms with Crippen LogP contribution in [0.25, 0.3) is 10.2 Å². The minimum Gasteiger partial charge on any atom is -0.299 e. The van der Waals surface area contributed by atoms with Gasteiger partial charge in [-0.25, -0.2) is 0 Å². The summed E-state index contributed by atoms with van der Waals surface area (Å²) < 4.78 is 2.82. The standard InChI is InChI=1S/C19H13ClN4O3S3/c20-12-7-5-11(6-8-12)14(25)10-28-18-23-22-17(30-18)21-16(26)9-24-13-3-1-2-4-15(13)29-19(24)27/h1-8H,9-10H2,(H,21,22,26). The Morgan fingerprint density at radius 3 is 2.63 bits per heavy atom. The van der Waals surface area contributed by atoms with Crippen molar-refractivity contribution < 1.29 is 9.59 Å². The van der Waals surface area contributed by atoms with Crippen LogP contribution in [-0.4, -0.2) is 32.2 Å². The third-order valence-corrected chi connectivity index (χ3v) is 7.21. The maximum atomic E-state index is 12.4. The van der Waals surface area contributed by atoms with E-state index < -0.39 is 0 Å². The van der Waals surface area contributed by atoms with E-state index in [0.29, 0.717) is 20.1 Å². The molecule has 4 rings (SSSR count). The molecular formula is C19H13ClN4O3S3. The van der Waals surface area contributed by atoms with Crippen molar-refractivity contribution in [3.8, 4) is 0 Å². The highest BCUT2D eigenvalue weighted by molar-refractivity contribution is 8.01. The van der Waals surface area contributed by atoms with Gasteiger partial charge < -0.3 is 0 Å². The summed E-state index contributed by atoms with van der Waals surface area (Å²) in [5, 5.41) is 11.5. The van der Waals surface area contributed by atoms with Gasteiger partial charge in [-0.1, -0.05) is 58.2 Å². The molecule has 0 radical (unpaired) electrons. The molecule has 0 saturated carbocycles. The molecule has 0 aliphatic heterocycles. The maximum absolute atomic E-state index is 12.4. The first-order valence-corrected chi connectivity index (χ1v) is 11.6. The highest BCUT2D eigenvalue weighted by Crippen LogP contribution is 2.26. The number of hydrogen-bond donors (Lipinski definition) is 1. The van der Waals surface area contributed by atoms with Gasteiger partial charge in [0.25, 0.3) is 0 Å². The fourth-order valence-corrected chi connectivity index (χ4v) is 5.31. The number of carbonyl (C=O) groups is 2. The van der Waals surface area contributed by atoms with Crippen LogP contribution in [0.3, 0.4) is 0 Å². The molecule has 152 valence electrons. The van der Waals surface area contributed by atoms with E-state index in [0.717, 1.165) is 21.6 Å². The van der Waals surface area contributed by atoms with Crippen LogP contribution in [0.2, 0.25) is 5.02 Å². The van der Waals surface area contributed by atoms with E-state index in [4.69, 9.17) is 11.6 Å². The predicted octanol–water partition coefficient (Wildman–Crippen LogP) is 4.18. The average molecular weight is 477 g/mol. The number of rotatable bonds is 7. The monoisotopic (exact) mass is 476 g/mol. The molecule has 0 fully saturated rings. The number of hydrogen-bond acceptors (Lipinski definition) is 8. The number of halogens is 1. The van der Waals surface area contributed by atoms with Gasteiger partial charge in [-0.2, -0.15) is 0 Å². The number of aromatic nitrogens is 3. The molecule has 30 heavy (non-hydrogen) atoms. The van der Waals surface area contributed by atoms with E-state index in [1.165, 1.54) is 27.7 Å². The smallest absolute Gasteiger partial charge is 0.299 e.